The van der Waals surface area contributed by atoms with Crippen molar-refractivity contribution in [3.63, 3.8) is 0 Å². The van der Waals surface area contributed by atoms with Gasteiger partial charge in [0.1, 0.15) is 0 Å². The predicted molar refractivity (Wildman–Crippen MR) is 69.6 cm³/mol. The first kappa shape index (κ1) is 11.2. The minimum absolute atomic E-state index is 0.217. The topological polar surface area (TPSA) is 41.8 Å². The zero-order valence-corrected chi connectivity index (χ0v) is 10.1. The lowest BCUT2D eigenvalue weighted by Crippen LogP contribution is -2.17. The number of aromatic nitrogens is 1. The Morgan fingerprint density at radius 3 is 2.81 bits per heavy atom. The van der Waals surface area contributed by atoms with E-state index in [-0.39, 0.29) is 6.04 Å². The first-order valence-corrected chi connectivity index (χ1v) is 6.05. The predicted octanol–water partition coefficient (Wildman–Crippen LogP) is 3.01. The zero-order valence-electron chi connectivity index (χ0n) is 10.1. The van der Waals surface area contributed by atoms with Crippen molar-refractivity contribution < 1.29 is 0 Å². The molecule has 0 unspecified atom stereocenters. The smallest absolute Gasteiger partial charge is 0.0489 e. The molecule has 2 aromatic rings. The molecule has 0 aliphatic rings. The molecule has 0 spiro atoms. The molecule has 3 N–H and O–H groups in total. The van der Waals surface area contributed by atoms with Crippen LogP contribution in [0.1, 0.15) is 31.4 Å². The van der Waals surface area contributed by atoms with Gasteiger partial charge < -0.3 is 10.7 Å². The molecule has 86 valence electrons. The molecule has 0 radical (unpaired) electrons. The van der Waals surface area contributed by atoms with Gasteiger partial charge in [0.15, 0.2) is 0 Å². The Morgan fingerprint density at radius 1 is 1.31 bits per heavy atom. The third-order valence-electron chi connectivity index (χ3n) is 2.95. The second kappa shape index (κ2) is 4.71. The zero-order chi connectivity index (χ0) is 11.5. The van der Waals surface area contributed by atoms with E-state index < -0.39 is 0 Å². The Labute approximate surface area is 96.9 Å². The van der Waals surface area contributed by atoms with Gasteiger partial charge in [0.05, 0.1) is 0 Å². The van der Waals surface area contributed by atoms with Gasteiger partial charge in [-0.2, -0.15) is 0 Å². The normalized spacial score (nSPS) is 13.2. The highest BCUT2D eigenvalue weighted by molar-refractivity contribution is 5.86. The maximum absolute atomic E-state index is 5.86. The Hall–Kier alpha value is -1.28. The fourth-order valence-electron chi connectivity index (χ4n) is 2.27. The maximum Gasteiger partial charge on any atom is 0.0489 e. The van der Waals surface area contributed by atoms with Gasteiger partial charge in [0, 0.05) is 23.1 Å². The number of fused-ring (bicyclic) bond motifs is 1. The first-order valence-electron chi connectivity index (χ1n) is 6.05. The molecule has 0 amide bonds. The van der Waals surface area contributed by atoms with Crippen molar-refractivity contribution in [3.05, 3.63) is 35.5 Å². The SMILES string of the molecule is CCCc1cccc2c(C[C@@H](C)N)c[nH]c12. The molecular formula is C14H20N2. The van der Waals surface area contributed by atoms with Gasteiger partial charge in [-0.3, -0.25) is 0 Å². The average molecular weight is 216 g/mol. The molecule has 16 heavy (non-hydrogen) atoms. The van der Waals surface area contributed by atoms with Crippen LogP contribution in [0.5, 0.6) is 0 Å². The molecule has 1 aromatic carbocycles. The highest BCUT2D eigenvalue weighted by Gasteiger charge is 2.08. The van der Waals surface area contributed by atoms with Gasteiger partial charge in [-0.1, -0.05) is 31.5 Å². The molecule has 1 atom stereocenters. The Bertz CT molecular complexity index is 469. The molecule has 1 aromatic heterocycles. The van der Waals surface area contributed by atoms with E-state index in [4.69, 9.17) is 5.73 Å². The average Bonchev–Trinajstić information content (AvgIpc) is 2.63. The van der Waals surface area contributed by atoms with Crippen LogP contribution >= 0.6 is 0 Å². The molecule has 0 aliphatic heterocycles. The fraction of sp³-hybridized carbons (Fsp3) is 0.429. The van der Waals surface area contributed by atoms with Gasteiger partial charge in [0.2, 0.25) is 0 Å². The Balaban J connectivity index is 2.44. The van der Waals surface area contributed by atoms with Crippen molar-refractivity contribution in [2.24, 2.45) is 5.73 Å². The highest BCUT2D eigenvalue weighted by Crippen LogP contribution is 2.23. The summed E-state index contributed by atoms with van der Waals surface area (Å²) >= 11 is 0. The van der Waals surface area contributed by atoms with E-state index in [9.17, 15) is 0 Å². The van der Waals surface area contributed by atoms with E-state index in [1.807, 2.05) is 0 Å². The van der Waals surface area contributed by atoms with Gasteiger partial charge >= 0.3 is 0 Å². The number of H-pyrrole nitrogens is 1. The summed E-state index contributed by atoms with van der Waals surface area (Å²) in [7, 11) is 0. The van der Waals surface area contributed by atoms with Crippen molar-refractivity contribution >= 4 is 10.9 Å². The van der Waals surface area contributed by atoms with Crippen LogP contribution in [0.3, 0.4) is 0 Å². The Kier molecular flexibility index (Phi) is 3.30. The summed E-state index contributed by atoms with van der Waals surface area (Å²) in [4.78, 5) is 3.39. The van der Waals surface area contributed by atoms with Crippen LogP contribution < -0.4 is 5.73 Å². The minimum atomic E-state index is 0.217. The summed E-state index contributed by atoms with van der Waals surface area (Å²) in [5, 5.41) is 1.34. The van der Waals surface area contributed by atoms with Crippen LogP contribution in [0, 0.1) is 0 Å². The van der Waals surface area contributed by atoms with Crippen molar-refractivity contribution in [2.45, 2.75) is 39.2 Å². The van der Waals surface area contributed by atoms with Crippen molar-refractivity contribution in [2.75, 3.05) is 0 Å². The number of nitrogens with one attached hydrogen (secondary N) is 1. The quantitative estimate of drug-likeness (QED) is 0.810. The molecule has 2 nitrogen and oxygen atoms in total. The number of benzene rings is 1. The number of aromatic amines is 1. The maximum atomic E-state index is 5.86. The molecule has 0 fully saturated rings. The second-order valence-electron chi connectivity index (χ2n) is 4.59. The summed E-state index contributed by atoms with van der Waals surface area (Å²) in [6.07, 6.45) is 5.36. The van der Waals surface area contributed by atoms with E-state index >= 15 is 0 Å². The second-order valence-corrected chi connectivity index (χ2v) is 4.59. The number of para-hydroxylation sites is 1. The fourth-order valence-corrected chi connectivity index (χ4v) is 2.27. The van der Waals surface area contributed by atoms with E-state index in [1.165, 1.54) is 28.5 Å². The number of rotatable bonds is 4. The van der Waals surface area contributed by atoms with Gasteiger partial charge in [-0.15, -0.1) is 0 Å². The molecular weight excluding hydrogens is 196 g/mol. The van der Waals surface area contributed by atoms with Gasteiger partial charge in [0.25, 0.3) is 0 Å². The van der Waals surface area contributed by atoms with Crippen LogP contribution in [0.4, 0.5) is 0 Å². The van der Waals surface area contributed by atoms with Crippen molar-refractivity contribution in [1.82, 2.24) is 4.98 Å². The highest BCUT2D eigenvalue weighted by atomic mass is 14.7. The number of hydrogen-bond acceptors (Lipinski definition) is 1. The van der Waals surface area contributed by atoms with Crippen LogP contribution in [-0.4, -0.2) is 11.0 Å². The first-order chi connectivity index (χ1) is 7.72. The third kappa shape index (κ3) is 2.12. The Morgan fingerprint density at radius 2 is 2.12 bits per heavy atom. The lowest BCUT2D eigenvalue weighted by Gasteiger charge is -2.04. The lowest BCUT2D eigenvalue weighted by molar-refractivity contribution is 0.741. The van der Waals surface area contributed by atoms with Crippen LogP contribution in [0.2, 0.25) is 0 Å². The summed E-state index contributed by atoms with van der Waals surface area (Å²) in [6, 6.07) is 6.75. The van der Waals surface area contributed by atoms with E-state index in [2.05, 4.69) is 43.2 Å². The summed E-state index contributed by atoms with van der Waals surface area (Å²) in [5.74, 6) is 0. The summed E-state index contributed by atoms with van der Waals surface area (Å²) in [5.41, 5.74) is 9.90. The number of aryl methyl sites for hydroxylation is 1. The molecule has 0 aliphatic carbocycles. The summed E-state index contributed by atoms with van der Waals surface area (Å²) in [6.45, 7) is 4.26. The lowest BCUT2D eigenvalue weighted by atomic mass is 10.0. The van der Waals surface area contributed by atoms with Crippen LogP contribution in [-0.2, 0) is 12.8 Å². The molecule has 0 saturated heterocycles. The molecule has 0 bridgehead atoms. The van der Waals surface area contributed by atoms with Crippen LogP contribution in [0.25, 0.3) is 10.9 Å². The molecule has 0 saturated carbocycles. The van der Waals surface area contributed by atoms with Gasteiger partial charge in [-0.05, 0) is 30.9 Å². The summed E-state index contributed by atoms with van der Waals surface area (Å²) < 4.78 is 0. The van der Waals surface area contributed by atoms with Crippen molar-refractivity contribution in [1.29, 1.82) is 0 Å². The molecule has 1 heterocycles. The molecule has 2 heteroatoms. The monoisotopic (exact) mass is 216 g/mol. The minimum Gasteiger partial charge on any atom is -0.361 e. The van der Waals surface area contributed by atoms with Gasteiger partial charge in [-0.25, -0.2) is 0 Å². The third-order valence-corrected chi connectivity index (χ3v) is 2.95. The number of nitrogens with two attached hydrogens (primary N) is 1. The van der Waals surface area contributed by atoms with E-state index in [0.717, 1.165) is 12.8 Å². The largest absolute Gasteiger partial charge is 0.361 e. The molecule has 2 rings (SSSR count). The van der Waals surface area contributed by atoms with Crippen molar-refractivity contribution in [3.8, 4) is 0 Å². The van der Waals surface area contributed by atoms with Crippen LogP contribution in [0.15, 0.2) is 24.4 Å². The standard InChI is InChI=1S/C14H20N2/c1-3-5-11-6-4-7-13-12(8-10(2)15)9-16-14(11)13/h4,6-7,9-10,16H,3,5,8,15H2,1-2H3/t10-/m1/s1. The number of hydrogen-bond donors (Lipinski definition) is 2. The van der Waals surface area contributed by atoms with E-state index in [0.29, 0.717) is 0 Å². The van der Waals surface area contributed by atoms with E-state index in [1.54, 1.807) is 0 Å².